The van der Waals surface area contributed by atoms with Crippen molar-refractivity contribution >= 4 is 46.4 Å². The lowest BCUT2D eigenvalue weighted by atomic mass is 10.1. The van der Waals surface area contributed by atoms with Gasteiger partial charge in [0.2, 0.25) is 0 Å². The van der Waals surface area contributed by atoms with Crippen LogP contribution in [0.1, 0.15) is 23.1 Å². The largest absolute Gasteiger partial charge is 0.496 e. The van der Waals surface area contributed by atoms with Crippen LogP contribution in [0.3, 0.4) is 0 Å². The topological polar surface area (TPSA) is 69.0 Å². The highest BCUT2D eigenvalue weighted by Crippen LogP contribution is 2.26. The summed E-state index contributed by atoms with van der Waals surface area (Å²) in [6.07, 6.45) is 0. The minimum Gasteiger partial charge on any atom is -0.496 e. The average molecular weight is 451 g/mol. The van der Waals surface area contributed by atoms with Crippen molar-refractivity contribution in [1.29, 1.82) is 0 Å². The normalized spacial score (nSPS) is 10.8. The second-order valence-corrected chi connectivity index (χ2v) is 7.82. The number of nitrogens with one attached hydrogen (secondary N) is 1. The van der Waals surface area contributed by atoms with Crippen molar-refractivity contribution in [2.75, 3.05) is 18.2 Å². The summed E-state index contributed by atoms with van der Waals surface area (Å²) in [6.45, 7) is 3.17. The SMILES string of the molecule is CCn1c(CNc2ccccc2Cl)nnc1SCC(=O)c1cc(Cl)ccc1OC. The van der Waals surface area contributed by atoms with Gasteiger partial charge in [-0.2, -0.15) is 0 Å². The van der Waals surface area contributed by atoms with Crippen molar-refractivity contribution in [3.8, 4) is 5.75 Å². The molecule has 2 aromatic carbocycles. The van der Waals surface area contributed by atoms with E-state index in [1.807, 2.05) is 35.8 Å². The molecule has 0 saturated carbocycles. The predicted molar refractivity (Wildman–Crippen MR) is 118 cm³/mol. The standard InChI is InChI=1S/C20H20Cl2N4O2S/c1-3-26-19(11-23-16-7-5-4-6-15(16)22)24-25-20(26)29-12-17(27)14-10-13(21)8-9-18(14)28-2/h4-10,23H,3,11-12H2,1-2H3. The molecule has 1 aromatic heterocycles. The summed E-state index contributed by atoms with van der Waals surface area (Å²) < 4.78 is 7.23. The number of ketones is 1. The number of rotatable bonds is 9. The molecule has 0 aliphatic heterocycles. The second kappa shape index (κ2) is 10.0. The molecular formula is C20H20Cl2N4O2S. The first-order chi connectivity index (χ1) is 14.0. The second-order valence-electron chi connectivity index (χ2n) is 6.03. The quantitative estimate of drug-likeness (QED) is 0.356. The molecule has 0 amide bonds. The van der Waals surface area contributed by atoms with Crippen LogP contribution in [-0.4, -0.2) is 33.4 Å². The number of methoxy groups -OCH3 is 1. The van der Waals surface area contributed by atoms with E-state index in [0.717, 1.165) is 11.5 Å². The summed E-state index contributed by atoms with van der Waals surface area (Å²) in [7, 11) is 1.53. The Morgan fingerprint density at radius 1 is 1.21 bits per heavy atom. The summed E-state index contributed by atoms with van der Waals surface area (Å²) >= 11 is 13.5. The summed E-state index contributed by atoms with van der Waals surface area (Å²) in [4.78, 5) is 12.7. The van der Waals surface area contributed by atoms with Crippen LogP contribution in [-0.2, 0) is 13.1 Å². The van der Waals surface area contributed by atoms with Gasteiger partial charge in [0.25, 0.3) is 0 Å². The molecule has 6 nitrogen and oxygen atoms in total. The Hall–Kier alpha value is -2.22. The molecule has 3 rings (SSSR count). The molecule has 0 spiro atoms. The Bertz CT molecular complexity index is 1010. The zero-order chi connectivity index (χ0) is 20.8. The number of Topliss-reactive ketones (excluding diaryl/α,β-unsaturated/α-hetero) is 1. The van der Waals surface area contributed by atoms with Gasteiger partial charge < -0.3 is 14.6 Å². The van der Waals surface area contributed by atoms with E-state index in [1.54, 1.807) is 18.2 Å². The van der Waals surface area contributed by atoms with E-state index in [1.165, 1.54) is 18.9 Å². The van der Waals surface area contributed by atoms with Gasteiger partial charge in [-0.25, -0.2) is 0 Å². The molecule has 29 heavy (non-hydrogen) atoms. The Morgan fingerprint density at radius 2 is 2.00 bits per heavy atom. The molecule has 1 N–H and O–H groups in total. The highest BCUT2D eigenvalue weighted by molar-refractivity contribution is 7.99. The van der Waals surface area contributed by atoms with Crippen molar-refractivity contribution in [2.24, 2.45) is 0 Å². The van der Waals surface area contributed by atoms with Crippen molar-refractivity contribution in [2.45, 2.75) is 25.2 Å². The summed E-state index contributed by atoms with van der Waals surface area (Å²) in [5.74, 6) is 1.38. The fourth-order valence-electron chi connectivity index (χ4n) is 2.76. The maximum absolute atomic E-state index is 12.7. The van der Waals surface area contributed by atoms with Gasteiger partial charge in [-0.1, -0.05) is 47.1 Å². The third-order valence-electron chi connectivity index (χ3n) is 4.21. The van der Waals surface area contributed by atoms with E-state index < -0.39 is 0 Å². The monoisotopic (exact) mass is 450 g/mol. The Morgan fingerprint density at radius 3 is 2.72 bits per heavy atom. The maximum atomic E-state index is 12.7. The van der Waals surface area contributed by atoms with E-state index in [4.69, 9.17) is 27.9 Å². The van der Waals surface area contributed by atoms with E-state index >= 15 is 0 Å². The van der Waals surface area contributed by atoms with Crippen molar-refractivity contribution < 1.29 is 9.53 Å². The lowest BCUT2D eigenvalue weighted by molar-refractivity contribution is 0.101. The molecule has 9 heteroatoms. The Balaban J connectivity index is 1.68. The number of aromatic nitrogens is 3. The van der Waals surface area contributed by atoms with Gasteiger partial charge in [-0.15, -0.1) is 10.2 Å². The van der Waals surface area contributed by atoms with Gasteiger partial charge >= 0.3 is 0 Å². The van der Waals surface area contributed by atoms with Crippen LogP contribution in [0.2, 0.25) is 10.0 Å². The number of benzene rings is 2. The molecule has 152 valence electrons. The number of ether oxygens (including phenoxy) is 1. The number of carbonyl (C=O) groups is 1. The molecule has 0 fully saturated rings. The summed E-state index contributed by atoms with van der Waals surface area (Å²) in [5, 5.41) is 13.6. The molecule has 0 saturated heterocycles. The van der Waals surface area contributed by atoms with Crippen LogP contribution in [0.4, 0.5) is 5.69 Å². The Kier molecular flexibility index (Phi) is 7.41. The number of hydrogen-bond acceptors (Lipinski definition) is 6. The summed E-state index contributed by atoms with van der Waals surface area (Å²) in [6, 6.07) is 12.5. The van der Waals surface area contributed by atoms with E-state index in [2.05, 4.69) is 15.5 Å². The van der Waals surface area contributed by atoms with E-state index in [9.17, 15) is 4.79 Å². The van der Waals surface area contributed by atoms with Gasteiger partial charge in [-0.3, -0.25) is 4.79 Å². The fraction of sp³-hybridized carbons (Fsp3) is 0.250. The van der Waals surface area contributed by atoms with Gasteiger partial charge in [-0.05, 0) is 37.3 Å². The van der Waals surface area contributed by atoms with Crippen molar-refractivity contribution in [3.63, 3.8) is 0 Å². The molecule has 0 unspecified atom stereocenters. The van der Waals surface area contributed by atoms with Gasteiger partial charge in [0.15, 0.2) is 16.8 Å². The molecular weight excluding hydrogens is 431 g/mol. The van der Waals surface area contributed by atoms with E-state index in [0.29, 0.717) is 39.6 Å². The zero-order valence-electron chi connectivity index (χ0n) is 16.0. The minimum atomic E-state index is -0.0873. The fourth-order valence-corrected chi connectivity index (χ4v) is 4.04. The van der Waals surface area contributed by atoms with Crippen LogP contribution < -0.4 is 10.1 Å². The number of thioether (sulfide) groups is 1. The number of anilines is 1. The van der Waals surface area contributed by atoms with Gasteiger partial charge in [0.1, 0.15) is 5.75 Å². The number of hydrogen-bond donors (Lipinski definition) is 1. The third-order valence-corrected chi connectivity index (χ3v) is 5.75. The van der Waals surface area contributed by atoms with Crippen LogP contribution in [0.5, 0.6) is 5.75 Å². The summed E-state index contributed by atoms with van der Waals surface area (Å²) in [5.41, 5.74) is 1.29. The first-order valence-corrected chi connectivity index (χ1v) is 10.7. The van der Waals surface area contributed by atoms with Crippen molar-refractivity contribution in [3.05, 3.63) is 63.9 Å². The molecule has 0 aliphatic rings. The molecule has 0 aliphatic carbocycles. The van der Waals surface area contributed by atoms with Gasteiger partial charge in [0.05, 0.1) is 35.7 Å². The van der Waals surface area contributed by atoms with Crippen LogP contribution >= 0.6 is 35.0 Å². The molecule has 1 heterocycles. The van der Waals surface area contributed by atoms with Crippen LogP contribution in [0.15, 0.2) is 47.6 Å². The molecule has 0 radical (unpaired) electrons. The number of para-hydroxylation sites is 1. The number of halogens is 2. The Labute approximate surface area is 183 Å². The molecule has 0 atom stereocenters. The minimum absolute atomic E-state index is 0.0873. The number of nitrogens with zero attached hydrogens (tertiary/aromatic N) is 3. The molecule has 3 aromatic rings. The lowest BCUT2D eigenvalue weighted by Crippen LogP contribution is -2.10. The predicted octanol–water partition coefficient (Wildman–Crippen LogP) is 5.20. The van der Waals surface area contributed by atoms with Crippen molar-refractivity contribution in [1.82, 2.24) is 14.8 Å². The highest BCUT2D eigenvalue weighted by Gasteiger charge is 2.17. The lowest BCUT2D eigenvalue weighted by Gasteiger charge is -2.10. The van der Waals surface area contributed by atoms with Crippen LogP contribution in [0, 0.1) is 0 Å². The average Bonchev–Trinajstić information content (AvgIpc) is 3.13. The van der Waals surface area contributed by atoms with Crippen LogP contribution in [0.25, 0.3) is 0 Å². The zero-order valence-corrected chi connectivity index (χ0v) is 18.3. The van der Waals surface area contributed by atoms with Gasteiger partial charge in [0, 0.05) is 11.6 Å². The number of carbonyl (C=O) groups excluding carboxylic acids is 1. The smallest absolute Gasteiger partial charge is 0.191 e. The third kappa shape index (κ3) is 5.23. The highest BCUT2D eigenvalue weighted by atomic mass is 35.5. The van der Waals surface area contributed by atoms with E-state index in [-0.39, 0.29) is 11.5 Å². The first kappa shape index (κ1) is 21.5. The first-order valence-electron chi connectivity index (χ1n) is 8.93. The maximum Gasteiger partial charge on any atom is 0.191 e. The molecule has 0 bridgehead atoms.